The fourth-order valence-electron chi connectivity index (χ4n) is 2.24. The van der Waals surface area contributed by atoms with E-state index in [4.69, 9.17) is 0 Å². The molecule has 2 heterocycles. The van der Waals surface area contributed by atoms with Crippen LogP contribution in [0.2, 0.25) is 0 Å². The molecular weight excluding hydrogens is 298 g/mol. The summed E-state index contributed by atoms with van der Waals surface area (Å²) in [5, 5.41) is 2.66. The number of ketones is 1. The summed E-state index contributed by atoms with van der Waals surface area (Å²) < 4.78 is 27.0. The second-order valence-electron chi connectivity index (χ2n) is 4.59. The van der Waals surface area contributed by atoms with Crippen molar-refractivity contribution in [1.82, 2.24) is 4.98 Å². The Balaban J connectivity index is 2.01. The summed E-state index contributed by atoms with van der Waals surface area (Å²) in [5.41, 5.74) is 0.191. The smallest absolute Gasteiger partial charge is 0.299 e. The Morgan fingerprint density at radius 3 is 2.71 bits per heavy atom. The van der Waals surface area contributed by atoms with Crippen LogP contribution in [0.25, 0.3) is 0 Å². The number of benzene rings is 1. The Hall–Kier alpha value is -2.15. The summed E-state index contributed by atoms with van der Waals surface area (Å²) in [5.74, 6) is -3.65. The molecule has 1 aliphatic heterocycles. The highest BCUT2D eigenvalue weighted by Gasteiger charge is 2.39. The van der Waals surface area contributed by atoms with Gasteiger partial charge in [0.05, 0.1) is 28.5 Å². The van der Waals surface area contributed by atoms with E-state index in [0.29, 0.717) is 11.8 Å². The lowest BCUT2D eigenvalue weighted by Crippen LogP contribution is -2.29. The number of hydrogen-bond acceptors (Lipinski definition) is 4. The number of anilines is 1. The zero-order valence-electron chi connectivity index (χ0n) is 11.0. The summed E-state index contributed by atoms with van der Waals surface area (Å²) in [7, 11) is 0. The number of amides is 1. The zero-order chi connectivity index (χ0) is 15.1. The topological polar surface area (TPSA) is 50.3 Å². The molecule has 0 fully saturated rings. The summed E-state index contributed by atoms with van der Waals surface area (Å²) >= 11 is 1.44. The highest BCUT2D eigenvalue weighted by atomic mass is 32.1. The first-order valence-corrected chi connectivity index (χ1v) is 7.17. The lowest BCUT2D eigenvalue weighted by molar-refractivity contribution is -0.114. The van der Waals surface area contributed by atoms with Crippen molar-refractivity contribution >= 4 is 28.7 Å². The molecule has 0 atom stereocenters. The number of aryl methyl sites for hydroxylation is 1. The average molecular weight is 308 g/mol. The molecule has 0 spiro atoms. The van der Waals surface area contributed by atoms with Crippen molar-refractivity contribution in [3.05, 3.63) is 45.4 Å². The quantitative estimate of drug-likeness (QED) is 0.819. The minimum atomic E-state index is -1.02. The van der Waals surface area contributed by atoms with Crippen molar-refractivity contribution in [2.24, 2.45) is 0 Å². The highest BCUT2D eigenvalue weighted by Crippen LogP contribution is 2.33. The fraction of sp³-hybridized carbons (Fsp3) is 0.214. The first-order chi connectivity index (χ1) is 10.0. The van der Waals surface area contributed by atoms with Crippen LogP contribution in [0.3, 0.4) is 0 Å². The Morgan fingerprint density at radius 1 is 1.29 bits per heavy atom. The van der Waals surface area contributed by atoms with Crippen LogP contribution in [-0.4, -0.2) is 16.7 Å². The molecule has 0 unspecified atom stereocenters. The van der Waals surface area contributed by atoms with E-state index in [-0.39, 0.29) is 17.8 Å². The molecule has 1 aliphatic rings. The number of rotatable bonds is 3. The van der Waals surface area contributed by atoms with E-state index in [1.54, 1.807) is 5.38 Å². The van der Waals surface area contributed by atoms with Crippen LogP contribution in [0.5, 0.6) is 0 Å². The number of thiazole rings is 1. The van der Waals surface area contributed by atoms with Crippen LogP contribution in [0.1, 0.15) is 28.0 Å². The number of aromatic nitrogens is 1. The lowest BCUT2D eigenvalue weighted by Gasteiger charge is -2.15. The van der Waals surface area contributed by atoms with Crippen molar-refractivity contribution < 1.29 is 18.4 Å². The van der Waals surface area contributed by atoms with Crippen LogP contribution in [0, 0.1) is 11.6 Å². The SMILES string of the molecule is CCc1nc(CN2C(=O)C(=O)c3c(F)cc(F)cc32)cs1. The summed E-state index contributed by atoms with van der Waals surface area (Å²) in [6.07, 6.45) is 0.761. The number of fused-ring (bicyclic) bond motifs is 1. The molecule has 1 aromatic carbocycles. The van der Waals surface area contributed by atoms with Crippen LogP contribution >= 0.6 is 11.3 Å². The van der Waals surface area contributed by atoms with E-state index in [9.17, 15) is 18.4 Å². The predicted octanol–water partition coefficient (Wildman–Crippen LogP) is 2.71. The van der Waals surface area contributed by atoms with E-state index in [1.165, 1.54) is 11.3 Å². The minimum Gasteiger partial charge on any atom is -0.299 e. The first-order valence-electron chi connectivity index (χ1n) is 6.29. The normalized spacial score (nSPS) is 14.0. The molecule has 0 bridgehead atoms. The maximum atomic E-state index is 13.7. The summed E-state index contributed by atoms with van der Waals surface area (Å²) in [4.78, 5) is 29.2. The van der Waals surface area contributed by atoms with Gasteiger partial charge in [-0.1, -0.05) is 6.92 Å². The second kappa shape index (κ2) is 5.00. The third-order valence-electron chi connectivity index (χ3n) is 3.21. The van der Waals surface area contributed by atoms with E-state index in [0.717, 1.165) is 22.4 Å². The number of hydrogen-bond donors (Lipinski definition) is 0. The Morgan fingerprint density at radius 2 is 2.05 bits per heavy atom. The van der Waals surface area contributed by atoms with Crippen LogP contribution in [-0.2, 0) is 17.8 Å². The number of carbonyl (C=O) groups is 2. The molecule has 108 valence electrons. The highest BCUT2D eigenvalue weighted by molar-refractivity contribution is 7.09. The molecule has 1 amide bonds. The molecule has 0 aliphatic carbocycles. The van der Waals surface area contributed by atoms with Crippen molar-refractivity contribution in [3.63, 3.8) is 0 Å². The Bertz CT molecular complexity index is 757. The van der Waals surface area contributed by atoms with E-state index in [2.05, 4.69) is 4.98 Å². The lowest BCUT2D eigenvalue weighted by atomic mass is 10.1. The molecule has 2 aromatic rings. The zero-order valence-corrected chi connectivity index (χ0v) is 11.8. The van der Waals surface area contributed by atoms with Gasteiger partial charge in [0.25, 0.3) is 11.7 Å². The molecule has 0 saturated heterocycles. The molecule has 0 saturated carbocycles. The summed E-state index contributed by atoms with van der Waals surface area (Å²) in [6.45, 7) is 1.98. The van der Waals surface area contributed by atoms with Gasteiger partial charge < -0.3 is 0 Å². The van der Waals surface area contributed by atoms with Crippen molar-refractivity contribution in [3.8, 4) is 0 Å². The van der Waals surface area contributed by atoms with Gasteiger partial charge in [-0.15, -0.1) is 11.3 Å². The number of carbonyl (C=O) groups excluding carboxylic acids is 2. The van der Waals surface area contributed by atoms with Gasteiger partial charge in [0.15, 0.2) is 0 Å². The predicted molar refractivity (Wildman–Crippen MR) is 73.4 cm³/mol. The van der Waals surface area contributed by atoms with Gasteiger partial charge in [-0.25, -0.2) is 13.8 Å². The molecule has 7 heteroatoms. The van der Waals surface area contributed by atoms with Crippen LogP contribution < -0.4 is 4.90 Å². The molecule has 1 aromatic heterocycles. The molecular formula is C14H10F2N2O2S. The fourth-order valence-corrected chi connectivity index (χ4v) is 2.98. The van der Waals surface area contributed by atoms with Crippen molar-refractivity contribution in [1.29, 1.82) is 0 Å². The molecule has 3 rings (SSSR count). The number of Topliss-reactive ketones (excluding diaryl/α,β-unsaturated/α-hetero) is 1. The standard InChI is InChI=1S/C14H10F2N2O2S/c1-2-11-17-8(6-21-11)5-18-10-4-7(15)3-9(16)12(10)13(19)14(18)20/h3-4,6H,2,5H2,1H3. The van der Waals surface area contributed by atoms with E-state index >= 15 is 0 Å². The van der Waals surface area contributed by atoms with Gasteiger partial charge in [-0.2, -0.15) is 0 Å². The van der Waals surface area contributed by atoms with Gasteiger partial charge in [-0.3, -0.25) is 14.5 Å². The van der Waals surface area contributed by atoms with Crippen molar-refractivity contribution in [2.45, 2.75) is 19.9 Å². The maximum absolute atomic E-state index is 13.7. The molecule has 4 nitrogen and oxygen atoms in total. The third kappa shape index (κ3) is 2.23. The second-order valence-corrected chi connectivity index (χ2v) is 5.53. The van der Waals surface area contributed by atoms with Gasteiger partial charge in [0.2, 0.25) is 0 Å². The van der Waals surface area contributed by atoms with Gasteiger partial charge in [-0.05, 0) is 12.5 Å². The van der Waals surface area contributed by atoms with Crippen LogP contribution in [0.4, 0.5) is 14.5 Å². The van der Waals surface area contributed by atoms with E-state index in [1.807, 2.05) is 6.92 Å². The van der Waals surface area contributed by atoms with E-state index < -0.39 is 23.3 Å². The number of nitrogens with zero attached hydrogens (tertiary/aromatic N) is 2. The van der Waals surface area contributed by atoms with Crippen molar-refractivity contribution in [2.75, 3.05) is 4.90 Å². The third-order valence-corrected chi connectivity index (χ3v) is 4.26. The average Bonchev–Trinajstić information content (AvgIpc) is 2.98. The minimum absolute atomic E-state index is 0.0248. The molecule has 0 N–H and O–H groups in total. The Labute approximate surface area is 123 Å². The van der Waals surface area contributed by atoms with Crippen LogP contribution in [0.15, 0.2) is 17.5 Å². The summed E-state index contributed by atoms with van der Waals surface area (Å²) in [6, 6.07) is 1.60. The molecule has 0 radical (unpaired) electrons. The van der Waals surface area contributed by atoms with Gasteiger partial charge in [0, 0.05) is 11.4 Å². The largest absolute Gasteiger partial charge is 0.299 e. The number of halogens is 2. The van der Waals surface area contributed by atoms with Gasteiger partial charge in [0.1, 0.15) is 11.6 Å². The first kappa shape index (κ1) is 13.8. The molecule has 21 heavy (non-hydrogen) atoms. The monoisotopic (exact) mass is 308 g/mol. The maximum Gasteiger partial charge on any atom is 0.299 e. The van der Waals surface area contributed by atoms with Gasteiger partial charge >= 0.3 is 0 Å². The Kier molecular flexibility index (Phi) is 3.29.